The molecule has 0 spiro atoms. The Bertz CT molecular complexity index is 1010. The third-order valence-corrected chi connectivity index (χ3v) is 7.74. The van der Waals surface area contributed by atoms with Gasteiger partial charge in [0.15, 0.2) is 0 Å². The molecule has 3 aromatic rings. The molecule has 0 radical (unpaired) electrons. The van der Waals surface area contributed by atoms with Gasteiger partial charge in [-0.3, -0.25) is 0 Å². The summed E-state index contributed by atoms with van der Waals surface area (Å²) in [6.45, 7) is 3.94. The standard InChI is InChI=1S/C21H21NO2S2/c1-17-8-12-20(13-9-17)25(16-19-6-4-3-5-7-19)22-26(23,24)21-14-10-18(2)11-15-21/h3-15H,16H2,1-2H3. The van der Waals surface area contributed by atoms with Gasteiger partial charge in [0.25, 0.3) is 10.0 Å². The quantitative estimate of drug-likeness (QED) is 0.619. The van der Waals surface area contributed by atoms with Crippen molar-refractivity contribution in [2.45, 2.75) is 29.4 Å². The topological polar surface area (TPSA) is 46.5 Å². The Balaban J connectivity index is 2.05. The zero-order valence-corrected chi connectivity index (χ0v) is 16.4. The molecule has 1 atom stereocenters. The smallest absolute Gasteiger partial charge is 0.199 e. The van der Waals surface area contributed by atoms with Gasteiger partial charge in [-0.2, -0.15) is 8.42 Å². The van der Waals surface area contributed by atoms with Crippen molar-refractivity contribution in [2.24, 2.45) is 3.77 Å². The number of hydrogen-bond donors (Lipinski definition) is 0. The highest BCUT2D eigenvalue weighted by Crippen LogP contribution is 2.21. The summed E-state index contributed by atoms with van der Waals surface area (Å²) in [4.78, 5) is 1.16. The van der Waals surface area contributed by atoms with Crippen LogP contribution in [0.4, 0.5) is 0 Å². The lowest BCUT2D eigenvalue weighted by molar-refractivity contribution is 0.598. The number of nitrogens with zero attached hydrogens (tertiary/aromatic N) is 1. The largest absolute Gasteiger partial charge is 0.288 e. The van der Waals surface area contributed by atoms with Crippen LogP contribution in [0.5, 0.6) is 0 Å². The van der Waals surface area contributed by atoms with Crippen molar-refractivity contribution in [3.05, 3.63) is 95.6 Å². The van der Waals surface area contributed by atoms with Crippen molar-refractivity contribution in [2.75, 3.05) is 0 Å². The predicted molar refractivity (Wildman–Crippen MR) is 108 cm³/mol. The second-order valence-electron chi connectivity index (χ2n) is 6.17. The minimum atomic E-state index is -3.72. The van der Waals surface area contributed by atoms with Gasteiger partial charge >= 0.3 is 0 Å². The van der Waals surface area contributed by atoms with Crippen LogP contribution in [0.15, 0.2) is 92.4 Å². The highest BCUT2D eigenvalue weighted by molar-refractivity contribution is 7.99. The number of sulfonamides is 1. The Morgan fingerprint density at radius 2 is 1.31 bits per heavy atom. The van der Waals surface area contributed by atoms with Gasteiger partial charge in [-0.15, -0.1) is 3.77 Å². The van der Waals surface area contributed by atoms with Crippen LogP contribution >= 0.6 is 0 Å². The van der Waals surface area contributed by atoms with Crippen LogP contribution in [0.2, 0.25) is 0 Å². The average Bonchev–Trinajstić information content (AvgIpc) is 2.63. The summed E-state index contributed by atoms with van der Waals surface area (Å²) >= 11 is 0. The third kappa shape index (κ3) is 4.68. The van der Waals surface area contributed by atoms with Crippen LogP contribution in [-0.4, -0.2) is 8.42 Å². The molecule has 0 heterocycles. The van der Waals surface area contributed by atoms with E-state index in [0.717, 1.165) is 21.6 Å². The molecule has 1 unspecified atom stereocenters. The van der Waals surface area contributed by atoms with Crippen LogP contribution in [0.1, 0.15) is 16.7 Å². The van der Waals surface area contributed by atoms with E-state index < -0.39 is 20.7 Å². The fraction of sp³-hybridized carbons (Fsp3) is 0.143. The van der Waals surface area contributed by atoms with Crippen LogP contribution in [0.25, 0.3) is 0 Å². The van der Waals surface area contributed by atoms with E-state index in [0.29, 0.717) is 5.75 Å². The van der Waals surface area contributed by atoms with Gasteiger partial charge in [-0.25, -0.2) is 0 Å². The summed E-state index contributed by atoms with van der Waals surface area (Å²) in [6, 6.07) is 24.6. The molecule has 0 saturated carbocycles. The predicted octanol–water partition coefficient (Wildman–Crippen LogP) is 5.05. The van der Waals surface area contributed by atoms with Crippen LogP contribution in [-0.2, 0) is 26.5 Å². The van der Waals surface area contributed by atoms with Gasteiger partial charge in [-0.05, 0) is 54.4 Å². The molecule has 134 valence electrons. The number of hydrogen-bond acceptors (Lipinski definition) is 2. The summed E-state index contributed by atoms with van der Waals surface area (Å²) in [5, 5.41) is 0. The molecule has 3 rings (SSSR count). The maximum Gasteiger partial charge on any atom is 0.288 e. The Morgan fingerprint density at radius 3 is 1.88 bits per heavy atom. The van der Waals surface area contributed by atoms with E-state index in [9.17, 15) is 8.42 Å². The lowest BCUT2D eigenvalue weighted by Crippen LogP contribution is -2.03. The number of rotatable bonds is 5. The fourth-order valence-corrected chi connectivity index (χ4v) is 5.90. The molecule has 0 aromatic heterocycles. The van der Waals surface area contributed by atoms with Gasteiger partial charge in [0, 0.05) is 10.6 Å². The van der Waals surface area contributed by atoms with E-state index in [1.54, 1.807) is 24.3 Å². The van der Waals surface area contributed by atoms with Gasteiger partial charge in [0.2, 0.25) is 0 Å². The Kier molecular flexibility index (Phi) is 5.69. The third-order valence-electron chi connectivity index (χ3n) is 3.95. The Morgan fingerprint density at radius 1 is 0.769 bits per heavy atom. The second kappa shape index (κ2) is 7.98. The molecule has 0 fully saturated rings. The molecule has 0 amide bonds. The van der Waals surface area contributed by atoms with Crippen molar-refractivity contribution >= 4 is 20.7 Å². The molecule has 0 saturated heterocycles. The first-order chi connectivity index (χ1) is 12.4. The number of aryl methyl sites for hydroxylation is 2. The lowest BCUT2D eigenvalue weighted by Gasteiger charge is -2.10. The fourth-order valence-electron chi connectivity index (χ4n) is 2.45. The van der Waals surface area contributed by atoms with Gasteiger partial charge < -0.3 is 0 Å². The molecule has 26 heavy (non-hydrogen) atoms. The normalized spacial score (nSPS) is 12.8. The first-order valence-electron chi connectivity index (χ1n) is 8.30. The summed E-state index contributed by atoms with van der Waals surface area (Å²) in [6.07, 6.45) is 0. The number of benzene rings is 3. The molecule has 0 N–H and O–H groups in total. The van der Waals surface area contributed by atoms with Crippen LogP contribution in [0.3, 0.4) is 0 Å². The molecular formula is C21H21NO2S2. The molecule has 0 aliphatic carbocycles. The second-order valence-corrected chi connectivity index (χ2v) is 9.68. The molecule has 5 heteroatoms. The zero-order chi connectivity index (χ0) is 18.6. The summed E-state index contributed by atoms with van der Waals surface area (Å²) in [5.41, 5.74) is 3.23. The zero-order valence-electron chi connectivity index (χ0n) is 14.8. The van der Waals surface area contributed by atoms with Crippen molar-refractivity contribution < 1.29 is 8.42 Å². The highest BCUT2D eigenvalue weighted by atomic mass is 32.3. The minimum absolute atomic E-state index is 0.237. The van der Waals surface area contributed by atoms with Gasteiger partial charge in [-0.1, -0.05) is 65.7 Å². The van der Waals surface area contributed by atoms with E-state index in [1.807, 2.05) is 68.4 Å². The SMILES string of the molecule is Cc1ccc(S(Cc2ccccc2)=NS(=O)(=O)c2ccc(C)cc2)cc1. The monoisotopic (exact) mass is 383 g/mol. The molecular weight excluding hydrogens is 362 g/mol. The van der Waals surface area contributed by atoms with Gasteiger partial charge in [0.05, 0.1) is 4.90 Å². The van der Waals surface area contributed by atoms with E-state index >= 15 is 0 Å². The summed E-state index contributed by atoms with van der Waals surface area (Å²) in [5.74, 6) is 0.564. The molecule has 0 aliphatic rings. The maximum atomic E-state index is 12.8. The molecule has 3 nitrogen and oxygen atoms in total. The average molecular weight is 384 g/mol. The first-order valence-corrected chi connectivity index (χ1v) is 11.1. The molecule has 0 aliphatic heterocycles. The van der Waals surface area contributed by atoms with Crippen LogP contribution < -0.4 is 0 Å². The first kappa shape index (κ1) is 18.5. The molecule has 0 bridgehead atoms. The van der Waals surface area contributed by atoms with Crippen molar-refractivity contribution in [3.63, 3.8) is 0 Å². The van der Waals surface area contributed by atoms with Crippen molar-refractivity contribution in [1.82, 2.24) is 0 Å². The van der Waals surface area contributed by atoms with E-state index in [4.69, 9.17) is 0 Å². The van der Waals surface area contributed by atoms with Crippen molar-refractivity contribution in [3.8, 4) is 0 Å². The molecule has 3 aromatic carbocycles. The minimum Gasteiger partial charge on any atom is -0.199 e. The summed E-state index contributed by atoms with van der Waals surface area (Å²) < 4.78 is 30.0. The van der Waals surface area contributed by atoms with Gasteiger partial charge in [0.1, 0.15) is 0 Å². The summed E-state index contributed by atoms with van der Waals surface area (Å²) in [7, 11) is -4.50. The maximum absolute atomic E-state index is 12.8. The Hall–Kier alpha value is -2.24. The van der Waals surface area contributed by atoms with E-state index in [-0.39, 0.29) is 4.90 Å². The van der Waals surface area contributed by atoms with Crippen molar-refractivity contribution in [1.29, 1.82) is 0 Å². The van der Waals surface area contributed by atoms with E-state index in [2.05, 4.69) is 3.77 Å². The lowest BCUT2D eigenvalue weighted by atomic mass is 10.2. The Labute approximate surface area is 157 Å². The van der Waals surface area contributed by atoms with E-state index in [1.165, 1.54) is 0 Å². The highest BCUT2D eigenvalue weighted by Gasteiger charge is 2.15. The van der Waals surface area contributed by atoms with Crippen LogP contribution in [0, 0.1) is 13.8 Å².